The topological polar surface area (TPSA) is 59.6 Å². The maximum absolute atomic E-state index is 12.1. The largest absolute Gasteiger partial charge is 0.493 e. The van der Waals surface area contributed by atoms with Gasteiger partial charge in [-0.15, -0.1) is 0 Å². The number of nitrogens with one attached hydrogen (secondary N) is 2. The molecule has 25 heavy (non-hydrogen) atoms. The molecular weight excluding hydrogens is 316 g/mol. The van der Waals surface area contributed by atoms with Gasteiger partial charge in [0.05, 0.1) is 13.7 Å². The van der Waals surface area contributed by atoms with Crippen molar-refractivity contribution in [3.8, 4) is 11.5 Å². The number of hydrogen-bond acceptors (Lipinski definition) is 3. The molecule has 0 radical (unpaired) electrons. The lowest BCUT2D eigenvalue weighted by Crippen LogP contribution is -2.30. The van der Waals surface area contributed by atoms with Gasteiger partial charge in [0.15, 0.2) is 11.5 Å². The molecule has 2 aromatic rings. The van der Waals surface area contributed by atoms with Crippen LogP contribution in [0.25, 0.3) is 0 Å². The van der Waals surface area contributed by atoms with Gasteiger partial charge in [-0.2, -0.15) is 0 Å². The summed E-state index contributed by atoms with van der Waals surface area (Å²) in [5, 5.41) is 5.77. The van der Waals surface area contributed by atoms with Crippen LogP contribution >= 0.6 is 0 Å². The van der Waals surface area contributed by atoms with E-state index in [1.165, 1.54) is 0 Å². The van der Waals surface area contributed by atoms with Crippen LogP contribution in [0.5, 0.6) is 11.5 Å². The molecule has 0 spiro atoms. The first-order valence-corrected chi connectivity index (χ1v) is 8.46. The number of hydrogen-bond donors (Lipinski definition) is 2. The maximum atomic E-state index is 12.1. The van der Waals surface area contributed by atoms with Crippen molar-refractivity contribution in [3.05, 3.63) is 53.1 Å². The summed E-state index contributed by atoms with van der Waals surface area (Å²) in [5.74, 6) is 1.44. The number of aryl methyl sites for hydroxylation is 1. The third kappa shape index (κ3) is 5.14. The van der Waals surface area contributed by atoms with E-state index in [0.29, 0.717) is 25.3 Å². The van der Waals surface area contributed by atoms with Crippen LogP contribution in [0.4, 0.5) is 10.5 Å². The fraction of sp³-hybridized carbons (Fsp3) is 0.350. The molecule has 0 bridgehead atoms. The molecule has 0 aliphatic carbocycles. The molecule has 0 aliphatic rings. The first-order chi connectivity index (χ1) is 12.0. The fourth-order valence-electron chi connectivity index (χ4n) is 2.52. The second-order valence-electron chi connectivity index (χ2n) is 5.80. The molecule has 2 N–H and O–H groups in total. The summed E-state index contributed by atoms with van der Waals surface area (Å²) in [6.07, 6.45) is 0.711. The van der Waals surface area contributed by atoms with Gasteiger partial charge in [0, 0.05) is 12.2 Å². The highest BCUT2D eigenvalue weighted by Crippen LogP contribution is 2.28. The lowest BCUT2D eigenvalue weighted by molar-refractivity contribution is 0.252. The van der Waals surface area contributed by atoms with Gasteiger partial charge >= 0.3 is 6.03 Å². The Morgan fingerprint density at radius 2 is 1.92 bits per heavy atom. The highest BCUT2D eigenvalue weighted by Gasteiger charge is 2.07. The van der Waals surface area contributed by atoms with Gasteiger partial charge in [-0.05, 0) is 62.1 Å². The van der Waals surface area contributed by atoms with E-state index in [9.17, 15) is 4.79 Å². The SMILES string of the molecule is CCOc1ccc(CCNC(=O)Nc2cccc(C)c2C)cc1OC. The standard InChI is InChI=1S/C20H26N2O3/c1-5-25-18-10-9-16(13-19(18)24-4)11-12-21-20(23)22-17-8-6-7-14(2)15(17)3/h6-10,13H,5,11-12H2,1-4H3,(H2,21,22,23). The normalized spacial score (nSPS) is 10.2. The Morgan fingerprint density at radius 3 is 2.64 bits per heavy atom. The first-order valence-electron chi connectivity index (χ1n) is 8.46. The first kappa shape index (κ1) is 18.6. The summed E-state index contributed by atoms with van der Waals surface area (Å²) < 4.78 is 10.9. The van der Waals surface area contributed by atoms with Gasteiger partial charge in [-0.3, -0.25) is 0 Å². The van der Waals surface area contributed by atoms with Crippen LogP contribution in [0.3, 0.4) is 0 Å². The van der Waals surface area contributed by atoms with E-state index in [4.69, 9.17) is 9.47 Å². The number of amides is 2. The molecule has 134 valence electrons. The number of methoxy groups -OCH3 is 1. The minimum absolute atomic E-state index is 0.202. The molecule has 0 saturated carbocycles. The average molecular weight is 342 g/mol. The molecule has 0 atom stereocenters. The minimum Gasteiger partial charge on any atom is -0.493 e. The van der Waals surface area contributed by atoms with Gasteiger partial charge in [0.1, 0.15) is 0 Å². The highest BCUT2D eigenvalue weighted by atomic mass is 16.5. The van der Waals surface area contributed by atoms with E-state index in [1.807, 2.05) is 57.2 Å². The Kier molecular flexibility index (Phi) is 6.69. The van der Waals surface area contributed by atoms with Gasteiger partial charge in [-0.25, -0.2) is 4.79 Å². The monoisotopic (exact) mass is 342 g/mol. The minimum atomic E-state index is -0.202. The van der Waals surface area contributed by atoms with Gasteiger partial charge < -0.3 is 20.1 Å². The van der Waals surface area contributed by atoms with E-state index >= 15 is 0 Å². The molecule has 0 aliphatic heterocycles. The molecule has 5 nitrogen and oxygen atoms in total. The maximum Gasteiger partial charge on any atom is 0.319 e. The van der Waals surface area contributed by atoms with Crippen molar-refractivity contribution in [2.75, 3.05) is 25.6 Å². The van der Waals surface area contributed by atoms with E-state index in [2.05, 4.69) is 10.6 Å². The van der Waals surface area contributed by atoms with Crippen LogP contribution in [0.2, 0.25) is 0 Å². The van der Waals surface area contributed by atoms with Crippen molar-refractivity contribution in [3.63, 3.8) is 0 Å². The zero-order chi connectivity index (χ0) is 18.2. The van der Waals surface area contributed by atoms with Crippen LogP contribution in [0.1, 0.15) is 23.6 Å². The molecule has 0 aromatic heterocycles. The highest BCUT2D eigenvalue weighted by molar-refractivity contribution is 5.90. The molecule has 0 fully saturated rings. The van der Waals surface area contributed by atoms with Gasteiger partial charge in [0.25, 0.3) is 0 Å². The Balaban J connectivity index is 1.87. The lowest BCUT2D eigenvalue weighted by atomic mass is 10.1. The predicted molar refractivity (Wildman–Crippen MR) is 101 cm³/mol. The van der Waals surface area contributed by atoms with E-state index in [1.54, 1.807) is 7.11 Å². The molecule has 2 aromatic carbocycles. The number of benzene rings is 2. The van der Waals surface area contributed by atoms with Crippen LogP contribution in [0.15, 0.2) is 36.4 Å². The summed E-state index contributed by atoms with van der Waals surface area (Å²) in [6, 6.07) is 11.5. The summed E-state index contributed by atoms with van der Waals surface area (Å²) in [7, 11) is 1.62. The second-order valence-corrected chi connectivity index (χ2v) is 5.80. The average Bonchev–Trinajstić information content (AvgIpc) is 2.60. The molecule has 0 unspecified atom stereocenters. The lowest BCUT2D eigenvalue weighted by Gasteiger charge is -2.13. The number of rotatable bonds is 7. The fourth-order valence-corrected chi connectivity index (χ4v) is 2.52. The number of anilines is 1. The molecule has 5 heteroatoms. The van der Waals surface area contributed by atoms with E-state index in [0.717, 1.165) is 28.1 Å². The molecule has 2 amide bonds. The summed E-state index contributed by atoms with van der Waals surface area (Å²) in [6.45, 7) is 7.09. The number of urea groups is 1. The van der Waals surface area contributed by atoms with Crippen molar-refractivity contribution in [2.24, 2.45) is 0 Å². The van der Waals surface area contributed by atoms with Crippen molar-refractivity contribution >= 4 is 11.7 Å². The Hall–Kier alpha value is -2.69. The second kappa shape index (κ2) is 8.97. The quantitative estimate of drug-likeness (QED) is 0.797. The molecule has 0 saturated heterocycles. The van der Waals surface area contributed by atoms with Crippen molar-refractivity contribution in [1.82, 2.24) is 5.32 Å². The van der Waals surface area contributed by atoms with E-state index in [-0.39, 0.29) is 6.03 Å². The number of carbonyl (C=O) groups is 1. The van der Waals surface area contributed by atoms with Crippen LogP contribution in [-0.4, -0.2) is 26.3 Å². The molecular formula is C20H26N2O3. The summed E-state index contributed by atoms with van der Waals surface area (Å²) in [5.41, 5.74) is 4.14. The third-order valence-electron chi connectivity index (χ3n) is 4.08. The Bertz CT molecular complexity index is 729. The Labute approximate surface area is 149 Å². The number of ether oxygens (including phenoxy) is 2. The smallest absolute Gasteiger partial charge is 0.319 e. The van der Waals surface area contributed by atoms with Crippen LogP contribution in [-0.2, 0) is 6.42 Å². The predicted octanol–water partition coefficient (Wildman–Crippen LogP) is 4.07. The van der Waals surface area contributed by atoms with E-state index < -0.39 is 0 Å². The van der Waals surface area contributed by atoms with Gasteiger partial charge in [-0.1, -0.05) is 18.2 Å². The van der Waals surface area contributed by atoms with Crippen LogP contribution < -0.4 is 20.1 Å². The van der Waals surface area contributed by atoms with Crippen molar-refractivity contribution < 1.29 is 14.3 Å². The molecule has 2 rings (SSSR count). The zero-order valence-electron chi connectivity index (χ0n) is 15.3. The zero-order valence-corrected chi connectivity index (χ0v) is 15.3. The van der Waals surface area contributed by atoms with Crippen LogP contribution in [0, 0.1) is 13.8 Å². The summed E-state index contributed by atoms with van der Waals surface area (Å²) in [4.78, 5) is 12.1. The van der Waals surface area contributed by atoms with Crippen molar-refractivity contribution in [1.29, 1.82) is 0 Å². The van der Waals surface area contributed by atoms with Crippen molar-refractivity contribution in [2.45, 2.75) is 27.2 Å². The third-order valence-corrected chi connectivity index (χ3v) is 4.08. The number of carbonyl (C=O) groups excluding carboxylic acids is 1. The Morgan fingerprint density at radius 1 is 1.12 bits per heavy atom. The molecule has 0 heterocycles. The van der Waals surface area contributed by atoms with Gasteiger partial charge in [0.2, 0.25) is 0 Å². The summed E-state index contributed by atoms with van der Waals surface area (Å²) >= 11 is 0.